The molecule has 0 aromatic rings. The SMILES string of the molecule is CC(C)CC(C)(CN)NC(=O)[C@@H]1CC[C@H](CN)O1. The minimum absolute atomic E-state index is 0.0231. The molecule has 106 valence electrons. The lowest BCUT2D eigenvalue weighted by Crippen LogP contribution is -2.54. The molecule has 1 heterocycles. The van der Waals surface area contributed by atoms with Crippen LogP contribution in [0.3, 0.4) is 0 Å². The minimum Gasteiger partial charge on any atom is -0.364 e. The molecule has 1 rings (SSSR count). The Morgan fingerprint density at radius 1 is 1.44 bits per heavy atom. The summed E-state index contributed by atoms with van der Waals surface area (Å²) < 4.78 is 5.59. The van der Waals surface area contributed by atoms with Crippen molar-refractivity contribution in [2.24, 2.45) is 17.4 Å². The van der Waals surface area contributed by atoms with E-state index >= 15 is 0 Å². The molecule has 1 amide bonds. The van der Waals surface area contributed by atoms with Crippen LogP contribution in [0, 0.1) is 5.92 Å². The van der Waals surface area contributed by atoms with Crippen molar-refractivity contribution in [2.75, 3.05) is 13.1 Å². The maximum absolute atomic E-state index is 12.1. The average molecular weight is 257 g/mol. The van der Waals surface area contributed by atoms with Crippen molar-refractivity contribution in [1.29, 1.82) is 0 Å². The highest BCUT2D eigenvalue weighted by Gasteiger charge is 2.34. The van der Waals surface area contributed by atoms with Crippen LogP contribution in [0.2, 0.25) is 0 Å². The molecule has 0 aromatic carbocycles. The third kappa shape index (κ3) is 4.23. The number of rotatable bonds is 6. The summed E-state index contributed by atoms with van der Waals surface area (Å²) in [5.74, 6) is 0.430. The molecule has 1 unspecified atom stereocenters. The highest BCUT2D eigenvalue weighted by molar-refractivity contribution is 5.81. The van der Waals surface area contributed by atoms with Gasteiger partial charge in [0, 0.05) is 18.6 Å². The third-order valence-corrected chi connectivity index (χ3v) is 3.40. The fraction of sp³-hybridized carbons (Fsp3) is 0.923. The lowest BCUT2D eigenvalue weighted by Gasteiger charge is -2.32. The van der Waals surface area contributed by atoms with Gasteiger partial charge in [0.1, 0.15) is 6.10 Å². The Balaban J connectivity index is 2.52. The van der Waals surface area contributed by atoms with Crippen molar-refractivity contribution in [1.82, 2.24) is 5.32 Å². The number of carbonyl (C=O) groups excluding carboxylic acids is 1. The maximum Gasteiger partial charge on any atom is 0.249 e. The predicted octanol–water partition coefficient (Wildman–Crippen LogP) is 0.372. The predicted molar refractivity (Wildman–Crippen MR) is 72.0 cm³/mol. The minimum atomic E-state index is -0.364. The standard InChI is InChI=1S/C13H27N3O2/c1-9(2)6-13(3,8-15)16-12(17)11-5-4-10(7-14)18-11/h9-11H,4-8,14-15H2,1-3H3,(H,16,17)/t10-,11+,13?/m1/s1. The Kier molecular flexibility index (Phi) is 5.56. The van der Waals surface area contributed by atoms with Crippen LogP contribution in [-0.4, -0.2) is 36.7 Å². The molecular weight excluding hydrogens is 230 g/mol. The van der Waals surface area contributed by atoms with Gasteiger partial charge in [-0.25, -0.2) is 0 Å². The molecule has 1 saturated heterocycles. The Bertz CT molecular complexity index is 283. The first-order valence-electron chi connectivity index (χ1n) is 6.78. The third-order valence-electron chi connectivity index (χ3n) is 3.40. The average Bonchev–Trinajstić information content (AvgIpc) is 2.76. The second-order valence-corrected chi connectivity index (χ2v) is 5.91. The largest absolute Gasteiger partial charge is 0.364 e. The number of amides is 1. The molecule has 0 spiro atoms. The summed E-state index contributed by atoms with van der Waals surface area (Å²) in [6.45, 7) is 7.14. The van der Waals surface area contributed by atoms with Crippen LogP contribution in [-0.2, 0) is 9.53 Å². The molecular formula is C13H27N3O2. The molecule has 0 radical (unpaired) electrons. The van der Waals surface area contributed by atoms with E-state index in [1.54, 1.807) is 0 Å². The molecule has 0 bridgehead atoms. The zero-order chi connectivity index (χ0) is 13.8. The number of carbonyl (C=O) groups is 1. The Labute approximate surface area is 110 Å². The molecule has 5 N–H and O–H groups in total. The first kappa shape index (κ1) is 15.4. The summed E-state index contributed by atoms with van der Waals surface area (Å²) >= 11 is 0. The van der Waals surface area contributed by atoms with Crippen LogP contribution in [0.25, 0.3) is 0 Å². The highest BCUT2D eigenvalue weighted by Crippen LogP contribution is 2.21. The summed E-state index contributed by atoms with van der Waals surface area (Å²) in [7, 11) is 0. The van der Waals surface area contributed by atoms with Gasteiger partial charge in [-0.3, -0.25) is 4.79 Å². The molecule has 5 heteroatoms. The van der Waals surface area contributed by atoms with E-state index < -0.39 is 0 Å². The zero-order valence-corrected chi connectivity index (χ0v) is 11.7. The van der Waals surface area contributed by atoms with E-state index in [-0.39, 0.29) is 23.7 Å². The second kappa shape index (κ2) is 6.50. The molecule has 0 aliphatic carbocycles. The van der Waals surface area contributed by atoms with Crippen molar-refractivity contribution in [3.8, 4) is 0 Å². The second-order valence-electron chi connectivity index (χ2n) is 5.91. The fourth-order valence-corrected chi connectivity index (χ4v) is 2.54. The molecule has 1 fully saturated rings. The summed E-state index contributed by atoms with van der Waals surface area (Å²) in [6.07, 6.45) is 2.13. The molecule has 18 heavy (non-hydrogen) atoms. The summed E-state index contributed by atoms with van der Waals surface area (Å²) in [5, 5.41) is 3.03. The molecule has 0 saturated carbocycles. The van der Waals surface area contributed by atoms with Crippen molar-refractivity contribution < 1.29 is 9.53 Å². The topological polar surface area (TPSA) is 90.4 Å². The summed E-state index contributed by atoms with van der Waals surface area (Å²) in [5.41, 5.74) is 11.0. The van der Waals surface area contributed by atoms with Crippen molar-refractivity contribution in [2.45, 2.75) is 57.8 Å². The van der Waals surface area contributed by atoms with E-state index in [4.69, 9.17) is 16.2 Å². The quantitative estimate of drug-likeness (QED) is 0.641. The van der Waals surface area contributed by atoms with E-state index in [1.165, 1.54) is 0 Å². The molecule has 3 atom stereocenters. The Morgan fingerprint density at radius 2 is 2.11 bits per heavy atom. The molecule has 1 aliphatic heterocycles. The Hall–Kier alpha value is -0.650. The zero-order valence-electron chi connectivity index (χ0n) is 11.7. The number of hydrogen-bond acceptors (Lipinski definition) is 4. The number of nitrogens with one attached hydrogen (secondary N) is 1. The number of ether oxygens (including phenoxy) is 1. The molecule has 1 aliphatic rings. The van der Waals surface area contributed by atoms with E-state index in [9.17, 15) is 4.79 Å². The van der Waals surface area contributed by atoms with Crippen LogP contribution in [0.1, 0.15) is 40.0 Å². The van der Waals surface area contributed by atoms with Crippen LogP contribution in [0.4, 0.5) is 0 Å². The smallest absolute Gasteiger partial charge is 0.249 e. The monoisotopic (exact) mass is 257 g/mol. The first-order valence-corrected chi connectivity index (χ1v) is 6.78. The maximum atomic E-state index is 12.1. The highest BCUT2D eigenvalue weighted by atomic mass is 16.5. The van der Waals surface area contributed by atoms with E-state index in [1.807, 2.05) is 6.92 Å². The fourth-order valence-electron chi connectivity index (χ4n) is 2.54. The molecule has 0 aromatic heterocycles. The first-order chi connectivity index (χ1) is 8.40. The van der Waals surface area contributed by atoms with Gasteiger partial charge in [0.2, 0.25) is 5.91 Å². The van der Waals surface area contributed by atoms with E-state index in [2.05, 4.69) is 19.2 Å². The van der Waals surface area contributed by atoms with Gasteiger partial charge >= 0.3 is 0 Å². The van der Waals surface area contributed by atoms with Crippen LogP contribution in [0.5, 0.6) is 0 Å². The van der Waals surface area contributed by atoms with Gasteiger partial charge in [-0.05, 0) is 32.1 Å². The summed E-state index contributed by atoms with van der Waals surface area (Å²) in [6, 6.07) is 0. The van der Waals surface area contributed by atoms with Gasteiger partial charge in [0.05, 0.1) is 6.10 Å². The molecule has 5 nitrogen and oxygen atoms in total. The van der Waals surface area contributed by atoms with Crippen molar-refractivity contribution in [3.05, 3.63) is 0 Å². The van der Waals surface area contributed by atoms with Gasteiger partial charge in [0.15, 0.2) is 0 Å². The van der Waals surface area contributed by atoms with E-state index in [0.29, 0.717) is 19.0 Å². The van der Waals surface area contributed by atoms with Gasteiger partial charge in [-0.2, -0.15) is 0 Å². The van der Waals surface area contributed by atoms with Crippen LogP contribution in [0.15, 0.2) is 0 Å². The normalized spacial score (nSPS) is 27.2. The summed E-state index contributed by atoms with van der Waals surface area (Å²) in [4.78, 5) is 12.1. The van der Waals surface area contributed by atoms with Crippen LogP contribution < -0.4 is 16.8 Å². The van der Waals surface area contributed by atoms with Crippen molar-refractivity contribution >= 4 is 5.91 Å². The van der Waals surface area contributed by atoms with E-state index in [0.717, 1.165) is 19.3 Å². The lowest BCUT2D eigenvalue weighted by molar-refractivity contribution is -0.133. The van der Waals surface area contributed by atoms with Gasteiger partial charge in [-0.15, -0.1) is 0 Å². The van der Waals surface area contributed by atoms with Crippen LogP contribution >= 0.6 is 0 Å². The number of hydrogen-bond donors (Lipinski definition) is 3. The number of nitrogens with two attached hydrogens (primary N) is 2. The Morgan fingerprint density at radius 3 is 2.56 bits per heavy atom. The van der Waals surface area contributed by atoms with Gasteiger partial charge < -0.3 is 21.5 Å². The van der Waals surface area contributed by atoms with Gasteiger partial charge in [0.25, 0.3) is 0 Å². The van der Waals surface area contributed by atoms with Crippen molar-refractivity contribution in [3.63, 3.8) is 0 Å². The van der Waals surface area contributed by atoms with Gasteiger partial charge in [-0.1, -0.05) is 13.8 Å². The lowest BCUT2D eigenvalue weighted by atomic mass is 9.90.